The average molecular weight is 293 g/mol. The molecule has 1 aromatic rings. The summed E-state index contributed by atoms with van der Waals surface area (Å²) in [5.74, 6) is 0.132. The second-order valence-electron chi connectivity index (χ2n) is 5.72. The van der Waals surface area contributed by atoms with Crippen molar-refractivity contribution in [3.8, 4) is 0 Å². The molecule has 108 valence electrons. The molecule has 2 heterocycles. The lowest BCUT2D eigenvalue weighted by molar-refractivity contribution is -0.117. The molecule has 2 fully saturated rings. The van der Waals surface area contributed by atoms with Crippen LogP contribution in [0, 0.1) is 0 Å². The van der Waals surface area contributed by atoms with Gasteiger partial charge < -0.3 is 9.80 Å². The fourth-order valence-electron chi connectivity index (χ4n) is 3.09. The van der Waals surface area contributed by atoms with Crippen LogP contribution in [0.5, 0.6) is 0 Å². The molecule has 1 amide bonds. The molecule has 1 atom stereocenters. The first kappa shape index (κ1) is 13.7. The molecular formula is C16H21ClN2O. The first-order valence-corrected chi connectivity index (χ1v) is 7.97. The fourth-order valence-corrected chi connectivity index (χ4v) is 3.36. The first-order chi connectivity index (χ1) is 9.74. The largest absolute Gasteiger partial charge is 0.372 e. The molecule has 2 saturated heterocycles. The van der Waals surface area contributed by atoms with Crippen molar-refractivity contribution in [3.63, 3.8) is 0 Å². The maximum absolute atomic E-state index is 11.8. The van der Waals surface area contributed by atoms with Crippen LogP contribution in [0.25, 0.3) is 0 Å². The molecule has 0 N–H and O–H groups in total. The smallest absolute Gasteiger partial charge is 0.228 e. The summed E-state index contributed by atoms with van der Waals surface area (Å²) in [4.78, 5) is 16.1. The Hall–Kier alpha value is -1.22. The third-order valence-corrected chi connectivity index (χ3v) is 4.50. The van der Waals surface area contributed by atoms with Gasteiger partial charge in [-0.1, -0.05) is 12.8 Å². The van der Waals surface area contributed by atoms with Gasteiger partial charge in [-0.15, -0.1) is 11.6 Å². The summed E-state index contributed by atoms with van der Waals surface area (Å²) in [7, 11) is 0. The number of nitrogens with zero attached hydrogens (tertiary/aromatic N) is 2. The zero-order valence-corrected chi connectivity index (χ0v) is 12.5. The normalized spacial score (nSPS) is 24.1. The highest BCUT2D eigenvalue weighted by atomic mass is 35.5. The topological polar surface area (TPSA) is 23.6 Å². The van der Waals surface area contributed by atoms with E-state index in [-0.39, 0.29) is 11.3 Å². The highest BCUT2D eigenvalue weighted by Crippen LogP contribution is 2.27. The van der Waals surface area contributed by atoms with Crippen LogP contribution < -0.4 is 9.80 Å². The number of hydrogen-bond donors (Lipinski definition) is 0. The predicted molar refractivity (Wildman–Crippen MR) is 83.7 cm³/mol. The number of carbonyl (C=O) groups excluding carboxylic acids is 1. The van der Waals surface area contributed by atoms with Crippen molar-refractivity contribution in [2.24, 2.45) is 0 Å². The number of alkyl halides is 1. The van der Waals surface area contributed by atoms with Gasteiger partial charge >= 0.3 is 0 Å². The van der Waals surface area contributed by atoms with E-state index < -0.39 is 0 Å². The summed E-state index contributed by atoms with van der Waals surface area (Å²) < 4.78 is 0. The summed E-state index contributed by atoms with van der Waals surface area (Å²) in [6.45, 7) is 2.92. The highest BCUT2D eigenvalue weighted by molar-refractivity contribution is 6.24. The van der Waals surface area contributed by atoms with E-state index in [4.69, 9.17) is 11.6 Å². The molecule has 3 rings (SSSR count). The summed E-state index contributed by atoms with van der Waals surface area (Å²) in [6, 6.07) is 8.37. The fraction of sp³-hybridized carbons (Fsp3) is 0.562. The van der Waals surface area contributed by atoms with Gasteiger partial charge in [-0.2, -0.15) is 0 Å². The molecule has 0 spiro atoms. The van der Waals surface area contributed by atoms with E-state index in [1.807, 2.05) is 12.1 Å². The van der Waals surface area contributed by atoms with Crippen LogP contribution in [0.3, 0.4) is 0 Å². The van der Waals surface area contributed by atoms with Gasteiger partial charge in [-0.3, -0.25) is 4.79 Å². The number of anilines is 2. The molecule has 0 saturated carbocycles. The minimum atomic E-state index is -0.0483. The standard InChI is InChI=1S/C16H21ClN2O/c17-13-11-16(20)19(12-13)15-7-5-14(6-8-15)18-9-3-1-2-4-10-18/h5-8,13H,1-4,9-12H2. The Kier molecular flexibility index (Phi) is 4.16. The number of amides is 1. The van der Waals surface area contributed by atoms with Crippen LogP contribution in [0.4, 0.5) is 11.4 Å². The lowest BCUT2D eigenvalue weighted by Gasteiger charge is -2.24. The van der Waals surface area contributed by atoms with Crippen molar-refractivity contribution < 1.29 is 4.79 Å². The summed E-state index contributed by atoms with van der Waals surface area (Å²) >= 11 is 6.05. The van der Waals surface area contributed by atoms with E-state index in [2.05, 4.69) is 17.0 Å². The predicted octanol–water partition coefficient (Wildman–Crippen LogP) is 3.41. The number of rotatable bonds is 2. The van der Waals surface area contributed by atoms with Gasteiger partial charge in [0.1, 0.15) is 0 Å². The van der Waals surface area contributed by atoms with Crippen LogP contribution >= 0.6 is 11.6 Å². The minimum absolute atomic E-state index is 0.0483. The maximum atomic E-state index is 11.8. The average Bonchev–Trinajstić information content (AvgIpc) is 2.68. The lowest BCUT2D eigenvalue weighted by atomic mass is 10.2. The lowest BCUT2D eigenvalue weighted by Crippen LogP contribution is -2.25. The molecule has 4 heteroatoms. The van der Waals surface area contributed by atoms with E-state index in [1.54, 1.807) is 4.90 Å². The summed E-state index contributed by atoms with van der Waals surface area (Å²) in [5.41, 5.74) is 2.24. The third kappa shape index (κ3) is 2.93. The van der Waals surface area contributed by atoms with Crippen LogP contribution in [-0.4, -0.2) is 30.9 Å². The van der Waals surface area contributed by atoms with Gasteiger partial charge in [0.15, 0.2) is 0 Å². The van der Waals surface area contributed by atoms with E-state index >= 15 is 0 Å². The van der Waals surface area contributed by atoms with Crippen molar-refractivity contribution in [3.05, 3.63) is 24.3 Å². The van der Waals surface area contributed by atoms with Crippen LogP contribution in [-0.2, 0) is 4.79 Å². The third-order valence-electron chi connectivity index (χ3n) is 4.21. The molecule has 20 heavy (non-hydrogen) atoms. The van der Waals surface area contributed by atoms with Crippen molar-refractivity contribution in [1.29, 1.82) is 0 Å². The minimum Gasteiger partial charge on any atom is -0.372 e. The number of halogens is 1. The van der Waals surface area contributed by atoms with Gasteiger partial charge in [0.2, 0.25) is 5.91 Å². The monoisotopic (exact) mass is 292 g/mol. The van der Waals surface area contributed by atoms with Crippen molar-refractivity contribution >= 4 is 28.9 Å². The molecule has 1 aromatic carbocycles. The van der Waals surface area contributed by atoms with Gasteiger partial charge in [0.25, 0.3) is 0 Å². The Morgan fingerprint density at radius 1 is 0.950 bits per heavy atom. The van der Waals surface area contributed by atoms with Gasteiger partial charge in [-0.05, 0) is 37.1 Å². The van der Waals surface area contributed by atoms with Crippen molar-refractivity contribution in [1.82, 2.24) is 0 Å². The van der Waals surface area contributed by atoms with Crippen LogP contribution in [0.15, 0.2) is 24.3 Å². The molecule has 1 unspecified atom stereocenters. The molecule has 2 aliphatic rings. The first-order valence-electron chi connectivity index (χ1n) is 7.53. The zero-order valence-electron chi connectivity index (χ0n) is 11.7. The number of carbonyl (C=O) groups is 1. The van der Waals surface area contributed by atoms with Gasteiger partial charge in [0.05, 0.1) is 5.38 Å². The van der Waals surface area contributed by atoms with E-state index in [0.717, 1.165) is 18.8 Å². The van der Waals surface area contributed by atoms with E-state index in [1.165, 1.54) is 31.4 Å². The Morgan fingerprint density at radius 2 is 1.55 bits per heavy atom. The Labute approximate surface area is 125 Å². The molecule has 0 aliphatic carbocycles. The number of benzene rings is 1. The Balaban J connectivity index is 1.72. The molecule has 3 nitrogen and oxygen atoms in total. The Morgan fingerprint density at radius 3 is 2.10 bits per heavy atom. The Bertz CT molecular complexity index is 466. The van der Waals surface area contributed by atoms with Crippen LogP contribution in [0.1, 0.15) is 32.1 Å². The van der Waals surface area contributed by atoms with E-state index in [9.17, 15) is 4.79 Å². The van der Waals surface area contributed by atoms with Gasteiger partial charge in [0, 0.05) is 37.4 Å². The van der Waals surface area contributed by atoms with Crippen molar-refractivity contribution in [2.45, 2.75) is 37.5 Å². The summed E-state index contributed by atoms with van der Waals surface area (Å²) in [6.07, 6.45) is 5.69. The molecule has 0 aromatic heterocycles. The maximum Gasteiger partial charge on any atom is 0.228 e. The van der Waals surface area contributed by atoms with Crippen LogP contribution in [0.2, 0.25) is 0 Å². The molecule has 2 aliphatic heterocycles. The second kappa shape index (κ2) is 6.04. The quantitative estimate of drug-likeness (QED) is 0.780. The zero-order chi connectivity index (χ0) is 13.9. The second-order valence-corrected chi connectivity index (χ2v) is 6.34. The molecular weight excluding hydrogens is 272 g/mol. The number of hydrogen-bond acceptors (Lipinski definition) is 2. The SMILES string of the molecule is O=C1CC(Cl)CN1c1ccc(N2CCCCCC2)cc1. The highest BCUT2D eigenvalue weighted by Gasteiger charge is 2.29. The van der Waals surface area contributed by atoms with Gasteiger partial charge in [-0.25, -0.2) is 0 Å². The van der Waals surface area contributed by atoms with Crippen molar-refractivity contribution in [2.75, 3.05) is 29.4 Å². The molecule has 0 bridgehead atoms. The van der Waals surface area contributed by atoms with E-state index in [0.29, 0.717) is 13.0 Å². The summed E-state index contributed by atoms with van der Waals surface area (Å²) in [5, 5.41) is -0.0483. The molecule has 0 radical (unpaired) electrons.